The molecule has 0 atom stereocenters. The average Bonchev–Trinajstić information content (AvgIpc) is 2.65. The lowest BCUT2D eigenvalue weighted by atomic mass is 10.2. The Morgan fingerprint density at radius 2 is 1.00 bits per heavy atom. The van der Waals surface area contributed by atoms with Crippen molar-refractivity contribution in [2.75, 3.05) is 0 Å². The summed E-state index contributed by atoms with van der Waals surface area (Å²) in [7, 11) is 0. The predicted octanol–water partition coefficient (Wildman–Crippen LogP) is 5.13. The lowest BCUT2D eigenvalue weighted by Gasteiger charge is -2.08. The number of hydrogen-bond donors (Lipinski definition) is 0. The van der Waals surface area contributed by atoms with Gasteiger partial charge in [-0.05, 0) is 37.1 Å². The van der Waals surface area contributed by atoms with Gasteiger partial charge < -0.3 is 9.47 Å². The molecule has 0 radical (unpaired) electrons. The predicted molar refractivity (Wildman–Crippen MR) is 104 cm³/mol. The van der Waals surface area contributed by atoms with Gasteiger partial charge in [0.15, 0.2) is 0 Å². The van der Waals surface area contributed by atoms with Crippen LogP contribution in [-0.4, -0.2) is 4.98 Å². The van der Waals surface area contributed by atoms with Crippen LogP contribution in [0, 0.1) is 13.8 Å². The van der Waals surface area contributed by atoms with Crippen LogP contribution in [0.4, 0.5) is 0 Å². The van der Waals surface area contributed by atoms with Crippen molar-refractivity contribution in [1.29, 1.82) is 0 Å². The van der Waals surface area contributed by atoms with Crippen LogP contribution in [0.25, 0.3) is 0 Å². The summed E-state index contributed by atoms with van der Waals surface area (Å²) in [6.45, 7) is 6.35. The molecule has 3 rings (SSSR count). The molecule has 1 aromatic heterocycles. The van der Waals surface area contributed by atoms with Crippen molar-refractivity contribution >= 4 is 0 Å². The van der Waals surface area contributed by atoms with E-state index in [2.05, 4.69) is 67.4 Å². The Kier molecular flexibility index (Phi) is 6.53. The van der Waals surface area contributed by atoms with E-state index in [4.69, 9.17) is 9.47 Å². The first-order valence-electron chi connectivity index (χ1n) is 8.90. The molecule has 2 aromatic carbocycles. The van der Waals surface area contributed by atoms with Crippen molar-refractivity contribution in [2.24, 2.45) is 0 Å². The Labute approximate surface area is 155 Å². The highest BCUT2D eigenvalue weighted by Gasteiger charge is 2.01. The number of nitrogens with zero attached hydrogens (tertiary/aromatic N) is 1. The van der Waals surface area contributed by atoms with E-state index in [0.29, 0.717) is 26.4 Å². The van der Waals surface area contributed by atoms with Gasteiger partial charge in [-0.1, -0.05) is 65.7 Å². The largest absolute Gasteiger partial charge is 0.370 e. The van der Waals surface area contributed by atoms with Crippen molar-refractivity contribution in [1.82, 2.24) is 4.98 Å². The summed E-state index contributed by atoms with van der Waals surface area (Å²) in [4.78, 5) is 4.61. The van der Waals surface area contributed by atoms with Crippen molar-refractivity contribution in [3.8, 4) is 0 Å². The van der Waals surface area contributed by atoms with Crippen molar-refractivity contribution in [2.45, 2.75) is 40.3 Å². The number of pyridine rings is 1. The van der Waals surface area contributed by atoms with Crippen LogP contribution in [-0.2, 0) is 35.9 Å². The molecule has 0 spiro atoms. The van der Waals surface area contributed by atoms with E-state index in [9.17, 15) is 0 Å². The lowest BCUT2D eigenvalue weighted by molar-refractivity contribution is 0.0980. The van der Waals surface area contributed by atoms with Crippen molar-refractivity contribution in [3.63, 3.8) is 0 Å². The molecule has 0 unspecified atom stereocenters. The topological polar surface area (TPSA) is 31.4 Å². The lowest BCUT2D eigenvalue weighted by Crippen LogP contribution is -2.01. The van der Waals surface area contributed by atoms with Gasteiger partial charge in [0.25, 0.3) is 0 Å². The van der Waals surface area contributed by atoms with Crippen molar-refractivity contribution in [3.05, 3.63) is 100 Å². The fourth-order valence-electron chi connectivity index (χ4n) is 2.61. The van der Waals surface area contributed by atoms with E-state index >= 15 is 0 Å². The van der Waals surface area contributed by atoms with E-state index in [-0.39, 0.29) is 0 Å². The van der Waals surface area contributed by atoms with Crippen LogP contribution in [0.3, 0.4) is 0 Å². The molecule has 0 N–H and O–H groups in total. The molecule has 3 aromatic rings. The summed E-state index contributed by atoms with van der Waals surface area (Å²) in [6, 6.07) is 22.8. The second-order valence-corrected chi connectivity index (χ2v) is 6.58. The van der Waals surface area contributed by atoms with Gasteiger partial charge in [-0.2, -0.15) is 0 Å². The van der Waals surface area contributed by atoms with Gasteiger partial charge in [0.1, 0.15) is 0 Å². The molecule has 3 nitrogen and oxygen atoms in total. The summed E-state index contributed by atoms with van der Waals surface area (Å²) < 4.78 is 11.6. The molecule has 0 fully saturated rings. The molecular formula is C23H25NO2. The Bertz CT molecular complexity index is 744. The first kappa shape index (κ1) is 18.3. The number of benzene rings is 2. The second-order valence-electron chi connectivity index (χ2n) is 6.58. The zero-order valence-corrected chi connectivity index (χ0v) is 15.4. The van der Waals surface area contributed by atoms with E-state index < -0.39 is 0 Å². The summed E-state index contributed by atoms with van der Waals surface area (Å²) >= 11 is 0. The highest BCUT2D eigenvalue weighted by molar-refractivity contribution is 5.21. The normalized spacial score (nSPS) is 10.8. The third-order valence-corrected chi connectivity index (χ3v) is 4.14. The number of rotatable bonds is 8. The van der Waals surface area contributed by atoms with E-state index in [0.717, 1.165) is 11.4 Å². The third kappa shape index (κ3) is 5.80. The smallest absolute Gasteiger partial charge is 0.0892 e. The fourth-order valence-corrected chi connectivity index (χ4v) is 2.61. The van der Waals surface area contributed by atoms with Gasteiger partial charge >= 0.3 is 0 Å². The highest BCUT2D eigenvalue weighted by atomic mass is 16.5. The van der Waals surface area contributed by atoms with Crippen LogP contribution in [0.2, 0.25) is 0 Å². The molecule has 0 amide bonds. The van der Waals surface area contributed by atoms with Gasteiger partial charge in [0, 0.05) is 0 Å². The Hall–Kier alpha value is -2.49. The molecule has 0 aliphatic rings. The standard InChI is InChI=1S/C23H25NO2/c1-18-6-10-20(11-7-18)14-25-16-22-4-3-5-23(24-22)17-26-15-21-12-8-19(2)9-13-21/h3-13H,14-17H2,1-2H3. The minimum atomic E-state index is 0.500. The fraction of sp³-hybridized carbons (Fsp3) is 0.261. The van der Waals surface area contributed by atoms with Gasteiger partial charge in [-0.3, -0.25) is 4.98 Å². The minimum absolute atomic E-state index is 0.500. The molecule has 0 aliphatic carbocycles. The molecule has 0 bridgehead atoms. The number of ether oxygens (including phenoxy) is 2. The maximum absolute atomic E-state index is 5.78. The molecular weight excluding hydrogens is 322 g/mol. The van der Waals surface area contributed by atoms with Gasteiger partial charge in [0.05, 0.1) is 37.8 Å². The van der Waals surface area contributed by atoms with Crippen LogP contribution in [0.1, 0.15) is 33.6 Å². The SMILES string of the molecule is Cc1ccc(COCc2cccc(COCc3ccc(C)cc3)n2)cc1. The summed E-state index contributed by atoms with van der Waals surface area (Å²) in [5.41, 5.74) is 6.71. The van der Waals surface area contributed by atoms with Gasteiger partial charge in [0.2, 0.25) is 0 Å². The van der Waals surface area contributed by atoms with E-state index in [1.807, 2.05) is 18.2 Å². The quantitative estimate of drug-likeness (QED) is 0.566. The zero-order valence-electron chi connectivity index (χ0n) is 15.4. The van der Waals surface area contributed by atoms with Crippen molar-refractivity contribution < 1.29 is 9.47 Å². The van der Waals surface area contributed by atoms with Crippen LogP contribution in [0.15, 0.2) is 66.7 Å². The van der Waals surface area contributed by atoms with Gasteiger partial charge in [-0.25, -0.2) is 0 Å². The first-order valence-corrected chi connectivity index (χ1v) is 8.90. The summed E-state index contributed by atoms with van der Waals surface area (Å²) in [6.07, 6.45) is 0. The molecule has 1 heterocycles. The monoisotopic (exact) mass is 347 g/mol. The second kappa shape index (κ2) is 9.27. The van der Waals surface area contributed by atoms with Gasteiger partial charge in [-0.15, -0.1) is 0 Å². The maximum Gasteiger partial charge on any atom is 0.0892 e. The Morgan fingerprint density at radius 1 is 0.577 bits per heavy atom. The Balaban J connectivity index is 1.45. The maximum atomic E-state index is 5.78. The minimum Gasteiger partial charge on any atom is -0.370 e. The molecule has 134 valence electrons. The Morgan fingerprint density at radius 3 is 1.42 bits per heavy atom. The molecule has 0 saturated carbocycles. The number of hydrogen-bond acceptors (Lipinski definition) is 3. The van der Waals surface area contributed by atoms with Crippen LogP contribution < -0.4 is 0 Å². The molecule has 0 aliphatic heterocycles. The van der Waals surface area contributed by atoms with E-state index in [1.165, 1.54) is 22.3 Å². The highest BCUT2D eigenvalue weighted by Crippen LogP contribution is 2.09. The summed E-state index contributed by atoms with van der Waals surface area (Å²) in [5.74, 6) is 0. The first-order chi connectivity index (χ1) is 12.7. The molecule has 26 heavy (non-hydrogen) atoms. The summed E-state index contributed by atoms with van der Waals surface area (Å²) in [5, 5.41) is 0. The average molecular weight is 347 g/mol. The molecule has 0 saturated heterocycles. The third-order valence-electron chi connectivity index (χ3n) is 4.14. The van der Waals surface area contributed by atoms with E-state index in [1.54, 1.807) is 0 Å². The zero-order chi connectivity index (χ0) is 18.2. The number of aryl methyl sites for hydroxylation is 2. The van der Waals surface area contributed by atoms with Crippen LogP contribution in [0.5, 0.6) is 0 Å². The molecule has 3 heteroatoms. The number of aromatic nitrogens is 1. The van der Waals surface area contributed by atoms with Crippen LogP contribution >= 0.6 is 0 Å².